The average Bonchev–Trinajstić information content (AvgIpc) is 2.36. The Kier molecular flexibility index (Phi) is 4.71. The number of hydrogen-bond donors (Lipinski definition) is 1. The lowest BCUT2D eigenvalue weighted by Gasteiger charge is -2.39. The molecule has 0 aromatic heterocycles. The highest BCUT2D eigenvalue weighted by Gasteiger charge is 2.27. The van der Waals surface area contributed by atoms with E-state index in [1.54, 1.807) is 0 Å². The fourth-order valence-electron chi connectivity index (χ4n) is 2.37. The lowest BCUT2D eigenvalue weighted by atomic mass is 10.1. The summed E-state index contributed by atoms with van der Waals surface area (Å²) >= 11 is 6.36. The second kappa shape index (κ2) is 6.12. The number of rotatable bonds is 4. The zero-order valence-electron chi connectivity index (χ0n) is 12.0. The van der Waals surface area contributed by atoms with Crippen molar-refractivity contribution < 1.29 is 4.74 Å². The minimum atomic E-state index is -0.0901. The van der Waals surface area contributed by atoms with Gasteiger partial charge in [0.2, 0.25) is 0 Å². The van der Waals surface area contributed by atoms with Crippen molar-refractivity contribution >= 4 is 17.3 Å². The van der Waals surface area contributed by atoms with Crippen molar-refractivity contribution in [1.29, 1.82) is 0 Å². The molecule has 1 N–H and O–H groups in total. The van der Waals surface area contributed by atoms with Crippen molar-refractivity contribution in [2.24, 2.45) is 0 Å². The van der Waals surface area contributed by atoms with Gasteiger partial charge in [0.15, 0.2) is 0 Å². The van der Waals surface area contributed by atoms with E-state index < -0.39 is 0 Å². The lowest BCUT2D eigenvalue weighted by molar-refractivity contribution is -0.0276. The van der Waals surface area contributed by atoms with Gasteiger partial charge in [0.1, 0.15) is 0 Å². The highest BCUT2D eigenvalue weighted by molar-refractivity contribution is 6.31. The highest BCUT2D eigenvalue weighted by atomic mass is 35.5. The van der Waals surface area contributed by atoms with Crippen LogP contribution in [-0.4, -0.2) is 31.8 Å². The van der Waals surface area contributed by atoms with Gasteiger partial charge in [0.25, 0.3) is 0 Å². The van der Waals surface area contributed by atoms with Gasteiger partial charge in [0.05, 0.1) is 12.2 Å². The molecule has 0 amide bonds. The van der Waals surface area contributed by atoms with E-state index in [0.717, 1.165) is 43.4 Å². The largest absolute Gasteiger partial charge is 0.372 e. The standard InChI is InChI=1S/C15H23ClN2O/c1-4-17-10-12-5-6-13(9-14(12)16)18-7-8-19-15(2,3)11-18/h5-6,9,17H,4,7-8,10-11H2,1-3H3. The fourth-order valence-corrected chi connectivity index (χ4v) is 2.61. The summed E-state index contributed by atoms with van der Waals surface area (Å²) in [7, 11) is 0. The van der Waals surface area contributed by atoms with E-state index in [4.69, 9.17) is 16.3 Å². The van der Waals surface area contributed by atoms with Crippen LogP contribution in [0.4, 0.5) is 5.69 Å². The summed E-state index contributed by atoms with van der Waals surface area (Å²) < 4.78 is 5.74. The third kappa shape index (κ3) is 3.85. The van der Waals surface area contributed by atoms with E-state index >= 15 is 0 Å². The molecule has 4 heteroatoms. The van der Waals surface area contributed by atoms with Gasteiger partial charge in [-0.05, 0) is 38.1 Å². The monoisotopic (exact) mass is 282 g/mol. The second-order valence-corrected chi connectivity index (χ2v) is 5.99. The summed E-state index contributed by atoms with van der Waals surface area (Å²) in [5.74, 6) is 0. The molecule has 19 heavy (non-hydrogen) atoms. The minimum absolute atomic E-state index is 0.0901. The van der Waals surface area contributed by atoms with Crippen LogP contribution in [0.2, 0.25) is 5.02 Å². The third-order valence-electron chi connectivity index (χ3n) is 3.39. The SMILES string of the molecule is CCNCc1ccc(N2CCOC(C)(C)C2)cc1Cl. The molecule has 3 nitrogen and oxygen atoms in total. The van der Waals surface area contributed by atoms with Gasteiger partial charge in [-0.15, -0.1) is 0 Å². The Bertz CT molecular complexity index is 434. The topological polar surface area (TPSA) is 24.5 Å². The van der Waals surface area contributed by atoms with Crippen molar-refractivity contribution in [2.75, 3.05) is 31.1 Å². The van der Waals surface area contributed by atoms with Crippen LogP contribution in [0.5, 0.6) is 0 Å². The van der Waals surface area contributed by atoms with Gasteiger partial charge in [-0.1, -0.05) is 24.6 Å². The maximum absolute atomic E-state index is 6.36. The van der Waals surface area contributed by atoms with E-state index in [9.17, 15) is 0 Å². The summed E-state index contributed by atoms with van der Waals surface area (Å²) in [6.07, 6.45) is 0. The zero-order chi connectivity index (χ0) is 13.9. The molecule has 1 saturated heterocycles. The summed E-state index contributed by atoms with van der Waals surface area (Å²) in [4.78, 5) is 2.34. The molecule has 0 spiro atoms. The number of hydrogen-bond acceptors (Lipinski definition) is 3. The van der Waals surface area contributed by atoms with Crippen LogP contribution in [-0.2, 0) is 11.3 Å². The molecular formula is C15H23ClN2O. The van der Waals surface area contributed by atoms with E-state index in [1.807, 2.05) is 0 Å². The minimum Gasteiger partial charge on any atom is -0.372 e. The smallest absolute Gasteiger partial charge is 0.0801 e. The van der Waals surface area contributed by atoms with Gasteiger partial charge in [-0.2, -0.15) is 0 Å². The van der Waals surface area contributed by atoms with E-state index in [1.165, 1.54) is 5.69 Å². The fraction of sp³-hybridized carbons (Fsp3) is 0.600. The van der Waals surface area contributed by atoms with Crippen LogP contribution in [0, 0.1) is 0 Å². The van der Waals surface area contributed by atoms with Crippen molar-refractivity contribution in [1.82, 2.24) is 5.32 Å². The maximum Gasteiger partial charge on any atom is 0.0801 e. The number of halogens is 1. The third-order valence-corrected chi connectivity index (χ3v) is 3.74. The molecule has 0 aliphatic carbocycles. The van der Waals surface area contributed by atoms with Crippen LogP contribution in [0.15, 0.2) is 18.2 Å². The molecule has 1 aliphatic rings. The van der Waals surface area contributed by atoms with Crippen molar-refractivity contribution in [3.8, 4) is 0 Å². The van der Waals surface area contributed by atoms with E-state index in [2.05, 4.69) is 49.2 Å². The Hall–Kier alpha value is -0.770. The highest BCUT2D eigenvalue weighted by Crippen LogP contribution is 2.27. The number of anilines is 1. The van der Waals surface area contributed by atoms with Crippen LogP contribution in [0.3, 0.4) is 0 Å². The van der Waals surface area contributed by atoms with Gasteiger partial charge in [0, 0.05) is 30.3 Å². The maximum atomic E-state index is 6.36. The predicted octanol–water partition coefficient (Wildman–Crippen LogP) is 3.06. The quantitative estimate of drug-likeness (QED) is 0.919. The Balaban J connectivity index is 2.10. The van der Waals surface area contributed by atoms with Gasteiger partial charge >= 0.3 is 0 Å². The Labute approximate surface area is 120 Å². The van der Waals surface area contributed by atoms with Crippen LogP contribution >= 0.6 is 11.6 Å². The number of nitrogens with zero attached hydrogens (tertiary/aromatic N) is 1. The molecule has 1 aromatic carbocycles. The van der Waals surface area contributed by atoms with Crippen molar-refractivity contribution in [3.05, 3.63) is 28.8 Å². The second-order valence-electron chi connectivity index (χ2n) is 5.59. The first-order valence-electron chi connectivity index (χ1n) is 6.90. The number of benzene rings is 1. The van der Waals surface area contributed by atoms with E-state index in [-0.39, 0.29) is 5.60 Å². The van der Waals surface area contributed by atoms with Gasteiger partial charge in [-0.25, -0.2) is 0 Å². The Morgan fingerprint density at radius 2 is 2.21 bits per heavy atom. The molecule has 1 heterocycles. The van der Waals surface area contributed by atoms with Crippen LogP contribution < -0.4 is 10.2 Å². The van der Waals surface area contributed by atoms with Crippen molar-refractivity contribution in [3.63, 3.8) is 0 Å². The molecule has 1 aliphatic heterocycles. The first-order valence-corrected chi connectivity index (χ1v) is 7.28. The number of nitrogens with one attached hydrogen (secondary N) is 1. The Morgan fingerprint density at radius 1 is 1.42 bits per heavy atom. The van der Waals surface area contributed by atoms with E-state index in [0.29, 0.717) is 0 Å². The van der Waals surface area contributed by atoms with Gasteiger partial charge in [-0.3, -0.25) is 0 Å². The number of morpholine rings is 1. The van der Waals surface area contributed by atoms with Crippen LogP contribution in [0.1, 0.15) is 26.3 Å². The molecule has 106 valence electrons. The zero-order valence-corrected chi connectivity index (χ0v) is 12.8. The first kappa shape index (κ1) is 14.6. The summed E-state index contributed by atoms with van der Waals surface area (Å²) in [6.45, 7) is 10.7. The lowest BCUT2D eigenvalue weighted by Crippen LogP contribution is -2.48. The summed E-state index contributed by atoms with van der Waals surface area (Å²) in [5.41, 5.74) is 2.24. The molecule has 0 unspecified atom stereocenters. The van der Waals surface area contributed by atoms with Crippen molar-refractivity contribution in [2.45, 2.75) is 32.9 Å². The molecule has 1 aromatic rings. The molecule has 0 saturated carbocycles. The molecule has 0 atom stereocenters. The van der Waals surface area contributed by atoms with Gasteiger partial charge < -0.3 is 15.0 Å². The van der Waals surface area contributed by atoms with Crippen LogP contribution in [0.25, 0.3) is 0 Å². The molecule has 2 rings (SSSR count). The average molecular weight is 283 g/mol. The summed E-state index contributed by atoms with van der Waals surface area (Å²) in [6, 6.07) is 6.33. The normalized spacial score (nSPS) is 18.6. The number of ether oxygens (including phenoxy) is 1. The molecular weight excluding hydrogens is 260 g/mol. The predicted molar refractivity (Wildman–Crippen MR) is 81.1 cm³/mol. The molecule has 1 fully saturated rings. The summed E-state index contributed by atoms with van der Waals surface area (Å²) in [5, 5.41) is 4.14. The Morgan fingerprint density at radius 3 is 2.84 bits per heavy atom. The first-order chi connectivity index (χ1) is 9.02. The molecule has 0 radical (unpaired) electrons. The molecule has 0 bridgehead atoms.